The normalized spacial score (nSPS) is 9.25. The van der Waals surface area contributed by atoms with E-state index in [0.717, 1.165) is 21.7 Å². The molecule has 0 aliphatic heterocycles. The van der Waals surface area contributed by atoms with E-state index in [9.17, 15) is 4.79 Å². The first-order valence-corrected chi connectivity index (χ1v) is 5.38. The molecule has 0 atom stereocenters. The van der Waals surface area contributed by atoms with Crippen molar-refractivity contribution in [3.8, 4) is 11.8 Å². The maximum Gasteiger partial charge on any atom is 0.217 e. The highest BCUT2D eigenvalue weighted by molar-refractivity contribution is 6.32. The third kappa shape index (κ3) is 3.60. The lowest BCUT2D eigenvalue weighted by molar-refractivity contribution is -0.118. The van der Waals surface area contributed by atoms with Gasteiger partial charge in [0.2, 0.25) is 5.91 Å². The van der Waals surface area contributed by atoms with Gasteiger partial charge in [-0.15, -0.1) is 0 Å². The molecule has 1 amide bonds. The lowest BCUT2D eigenvalue weighted by atomic mass is 10.1. The van der Waals surface area contributed by atoms with Crippen molar-refractivity contribution in [1.82, 2.24) is 5.32 Å². The molecular weight excluding hydrogens is 222 g/mol. The van der Waals surface area contributed by atoms with Gasteiger partial charge in [-0.1, -0.05) is 23.4 Å². The Hall–Kier alpha value is -1.46. The Morgan fingerprint density at radius 1 is 1.38 bits per heavy atom. The van der Waals surface area contributed by atoms with Gasteiger partial charge >= 0.3 is 0 Å². The predicted octanol–water partition coefficient (Wildman–Crippen LogP) is 2.44. The molecule has 84 valence electrons. The van der Waals surface area contributed by atoms with Crippen molar-refractivity contribution in [3.05, 3.63) is 33.8 Å². The van der Waals surface area contributed by atoms with Gasteiger partial charge in [0.05, 0.1) is 6.54 Å². The monoisotopic (exact) mass is 235 g/mol. The van der Waals surface area contributed by atoms with Gasteiger partial charge in [0.1, 0.15) is 0 Å². The zero-order valence-corrected chi connectivity index (χ0v) is 10.4. The van der Waals surface area contributed by atoms with E-state index in [-0.39, 0.29) is 5.91 Å². The van der Waals surface area contributed by atoms with Crippen molar-refractivity contribution in [2.24, 2.45) is 0 Å². The van der Waals surface area contributed by atoms with E-state index in [4.69, 9.17) is 11.6 Å². The smallest absolute Gasteiger partial charge is 0.217 e. The van der Waals surface area contributed by atoms with Gasteiger partial charge < -0.3 is 5.32 Å². The van der Waals surface area contributed by atoms with E-state index >= 15 is 0 Å². The minimum Gasteiger partial charge on any atom is -0.345 e. The van der Waals surface area contributed by atoms with Gasteiger partial charge in [0.15, 0.2) is 0 Å². The molecular formula is C13H14ClNO. The standard InChI is InChI=1S/C13H14ClNO/c1-9-7-12(8-10(2)13(9)14)5-4-6-15-11(3)16/h7-8H,6H2,1-3H3,(H,15,16). The number of benzene rings is 1. The Balaban J connectivity index is 2.78. The van der Waals surface area contributed by atoms with Gasteiger partial charge in [-0.2, -0.15) is 0 Å². The number of amides is 1. The van der Waals surface area contributed by atoms with Crippen molar-refractivity contribution >= 4 is 17.5 Å². The summed E-state index contributed by atoms with van der Waals surface area (Å²) >= 11 is 6.05. The van der Waals surface area contributed by atoms with Gasteiger partial charge in [-0.25, -0.2) is 0 Å². The highest BCUT2D eigenvalue weighted by Crippen LogP contribution is 2.21. The zero-order chi connectivity index (χ0) is 12.1. The summed E-state index contributed by atoms with van der Waals surface area (Å²) in [5.74, 6) is 5.80. The Bertz CT molecular complexity index is 446. The van der Waals surface area contributed by atoms with Crippen LogP contribution in [0, 0.1) is 25.7 Å². The molecule has 0 aromatic heterocycles. The highest BCUT2D eigenvalue weighted by atomic mass is 35.5. The van der Waals surface area contributed by atoms with Crippen LogP contribution in [0.1, 0.15) is 23.6 Å². The average Bonchev–Trinajstić information content (AvgIpc) is 2.20. The maximum atomic E-state index is 10.6. The first-order valence-electron chi connectivity index (χ1n) is 5.00. The molecule has 0 saturated carbocycles. The molecule has 1 rings (SSSR count). The van der Waals surface area contributed by atoms with Crippen molar-refractivity contribution < 1.29 is 4.79 Å². The van der Waals surface area contributed by atoms with Crippen LogP contribution >= 0.6 is 11.6 Å². The lowest BCUT2D eigenvalue weighted by Gasteiger charge is -2.02. The number of rotatable bonds is 1. The molecule has 0 radical (unpaired) electrons. The van der Waals surface area contributed by atoms with E-state index in [0.29, 0.717) is 6.54 Å². The fourth-order valence-corrected chi connectivity index (χ4v) is 1.44. The molecule has 0 unspecified atom stereocenters. The van der Waals surface area contributed by atoms with Gasteiger partial charge in [0.25, 0.3) is 0 Å². The molecule has 3 heteroatoms. The summed E-state index contributed by atoms with van der Waals surface area (Å²) in [6.07, 6.45) is 0. The second kappa shape index (κ2) is 5.58. The molecule has 1 aromatic carbocycles. The number of carbonyl (C=O) groups excluding carboxylic acids is 1. The van der Waals surface area contributed by atoms with Crippen LogP contribution < -0.4 is 5.32 Å². The number of hydrogen-bond acceptors (Lipinski definition) is 1. The lowest BCUT2D eigenvalue weighted by Crippen LogP contribution is -2.19. The van der Waals surface area contributed by atoms with Crippen molar-refractivity contribution in [3.63, 3.8) is 0 Å². The van der Waals surface area contributed by atoms with Crippen molar-refractivity contribution in [2.45, 2.75) is 20.8 Å². The van der Waals surface area contributed by atoms with Crippen LogP contribution in [0.2, 0.25) is 5.02 Å². The van der Waals surface area contributed by atoms with Gasteiger partial charge in [0, 0.05) is 17.5 Å². The first kappa shape index (κ1) is 12.6. The summed E-state index contributed by atoms with van der Waals surface area (Å²) in [4.78, 5) is 10.6. The van der Waals surface area contributed by atoms with E-state index in [2.05, 4.69) is 17.2 Å². The van der Waals surface area contributed by atoms with Crippen molar-refractivity contribution in [1.29, 1.82) is 0 Å². The topological polar surface area (TPSA) is 29.1 Å². The largest absolute Gasteiger partial charge is 0.345 e. The number of nitrogens with one attached hydrogen (secondary N) is 1. The van der Waals surface area contributed by atoms with Crippen LogP contribution in [0.25, 0.3) is 0 Å². The Morgan fingerprint density at radius 3 is 2.44 bits per heavy atom. The Labute approximate surface area is 101 Å². The third-order valence-electron chi connectivity index (χ3n) is 2.09. The molecule has 0 fully saturated rings. The molecule has 0 heterocycles. The second-order valence-electron chi connectivity index (χ2n) is 3.64. The van der Waals surface area contributed by atoms with Gasteiger partial charge in [-0.05, 0) is 37.1 Å². The molecule has 1 aromatic rings. The quantitative estimate of drug-likeness (QED) is 0.745. The number of aryl methyl sites for hydroxylation is 2. The van der Waals surface area contributed by atoms with E-state index < -0.39 is 0 Å². The molecule has 1 N–H and O–H groups in total. The minimum absolute atomic E-state index is 0.0715. The fourth-order valence-electron chi connectivity index (χ4n) is 1.33. The Morgan fingerprint density at radius 2 is 1.94 bits per heavy atom. The highest BCUT2D eigenvalue weighted by Gasteiger charge is 2.00. The minimum atomic E-state index is -0.0715. The summed E-state index contributed by atoms with van der Waals surface area (Å²) < 4.78 is 0. The summed E-state index contributed by atoms with van der Waals surface area (Å²) in [5.41, 5.74) is 2.96. The van der Waals surface area contributed by atoms with Crippen LogP contribution in [-0.2, 0) is 4.79 Å². The molecule has 0 aliphatic carbocycles. The molecule has 0 spiro atoms. The molecule has 0 bridgehead atoms. The summed E-state index contributed by atoms with van der Waals surface area (Å²) in [6, 6.07) is 3.88. The molecule has 0 saturated heterocycles. The second-order valence-corrected chi connectivity index (χ2v) is 4.01. The molecule has 0 aliphatic rings. The van der Waals surface area contributed by atoms with Crippen LogP contribution in [0.4, 0.5) is 0 Å². The molecule has 2 nitrogen and oxygen atoms in total. The fraction of sp³-hybridized carbons (Fsp3) is 0.308. The summed E-state index contributed by atoms with van der Waals surface area (Å²) in [7, 11) is 0. The van der Waals surface area contributed by atoms with Crippen LogP contribution in [0.3, 0.4) is 0 Å². The summed E-state index contributed by atoms with van der Waals surface area (Å²) in [5, 5.41) is 3.40. The average molecular weight is 236 g/mol. The number of carbonyl (C=O) groups is 1. The third-order valence-corrected chi connectivity index (χ3v) is 2.69. The van der Waals surface area contributed by atoms with E-state index in [1.165, 1.54) is 6.92 Å². The van der Waals surface area contributed by atoms with Crippen molar-refractivity contribution in [2.75, 3.05) is 6.54 Å². The zero-order valence-electron chi connectivity index (χ0n) is 9.65. The van der Waals surface area contributed by atoms with Gasteiger partial charge in [-0.3, -0.25) is 4.79 Å². The molecule has 16 heavy (non-hydrogen) atoms. The summed E-state index contributed by atoms with van der Waals surface area (Å²) in [6.45, 7) is 5.75. The van der Waals surface area contributed by atoms with Crippen LogP contribution in [0.5, 0.6) is 0 Å². The number of halogens is 1. The predicted molar refractivity (Wildman–Crippen MR) is 66.5 cm³/mol. The Kier molecular flexibility index (Phi) is 4.39. The number of hydrogen-bond donors (Lipinski definition) is 1. The van der Waals surface area contributed by atoms with E-state index in [1.54, 1.807) is 0 Å². The van der Waals surface area contributed by atoms with Crippen LogP contribution in [0.15, 0.2) is 12.1 Å². The maximum absolute atomic E-state index is 10.6. The SMILES string of the molecule is CC(=O)NCC#Cc1cc(C)c(Cl)c(C)c1. The van der Waals surface area contributed by atoms with E-state index in [1.807, 2.05) is 26.0 Å². The van der Waals surface area contributed by atoms with Crippen LogP contribution in [-0.4, -0.2) is 12.5 Å². The first-order chi connectivity index (χ1) is 7.50.